The lowest BCUT2D eigenvalue weighted by Crippen LogP contribution is -2.20. The van der Waals surface area contributed by atoms with Crippen molar-refractivity contribution in [1.29, 1.82) is 0 Å². The Bertz CT molecular complexity index is 1180. The molecular weight excluding hydrogens is 450 g/mol. The molecule has 0 unspecified atom stereocenters. The van der Waals surface area contributed by atoms with E-state index in [0.29, 0.717) is 12.1 Å². The molecule has 0 aromatic heterocycles. The van der Waals surface area contributed by atoms with Gasteiger partial charge in [0, 0.05) is 30.5 Å². The number of allylic oxidation sites excluding steroid dienone is 1. The van der Waals surface area contributed by atoms with Gasteiger partial charge in [0.25, 0.3) is 5.91 Å². The van der Waals surface area contributed by atoms with Crippen LogP contribution in [0.4, 0.5) is 20.2 Å². The Hall–Kier alpha value is -3.55. The molecule has 5 nitrogen and oxygen atoms in total. The Labute approximate surface area is 194 Å². The fourth-order valence-corrected chi connectivity index (χ4v) is 3.19. The Kier molecular flexibility index (Phi) is 7.92. The van der Waals surface area contributed by atoms with Gasteiger partial charge in [-0.2, -0.15) is 0 Å². The topological polar surface area (TPSA) is 69.6 Å². The molecule has 3 aromatic rings. The second-order valence-electron chi connectivity index (χ2n) is 7.18. The Morgan fingerprint density at radius 1 is 1.03 bits per heavy atom. The van der Waals surface area contributed by atoms with E-state index >= 15 is 0 Å². The molecule has 2 N–H and O–H groups in total. The zero-order valence-corrected chi connectivity index (χ0v) is 18.4. The number of ketones is 1. The van der Waals surface area contributed by atoms with Gasteiger partial charge in [-0.3, -0.25) is 9.59 Å². The Balaban J connectivity index is 1.64. The second-order valence-corrected chi connectivity index (χ2v) is 7.59. The maximum absolute atomic E-state index is 14.0. The van der Waals surface area contributed by atoms with Crippen molar-refractivity contribution in [1.82, 2.24) is 0 Å². The maximum Gasteiger partial charge on any atom is 0.261 e. The van der Waals surface area contributed by atoms with E-state index in [0.717, 1.165) is 23.4 Å². The smallest absolute Gasteiger partial charge is 0.261 e. The van der Waals surface area contributed by atoms with Gasteiger partial charge in [-0.1, -0.05) is 29.8 Å². The Morgan fingerprint density at radius 2 is 1.70 bits per heavy atom. The fraction of sp³-hybridized carbons (Fsp3) is 0.120. The number of halogens is 3. The minimum atomic E-state index is -1.14. The first kappa shape index (κ1) is 24.1. The van der Waals surface area contributed by atoms with E-state index in [1.165, 1.54) is 30.3 Å². The van der Waals surface area contributed by atoms with Crippen LogP contribution < -0.4 is 10.2 Å². The normalized spacial score (nSPS) is 10.9. The van der Waals surface area contributed by atoms with E-state index < -0.39 is 23.1 Å². The van der Waals surface area contributed by atoms with Crippen molar-refractivity contribution < 1.29 is 23.5 Å². The third kappa shape index (κ3) is 6.03. The van der Waals surface area contributed by atoms with Crippen molar-refractivity contribution in [3.8, 4) is 0 Å². The van der Waals surface area contributed by atoms with Gasteiger partial charge in [0.05, 0.1) is 11.6 Å². The molecule has 0 saturated carbocycles. The van der Waals surface area contributed by atoms with Crippen molar-refractivity contribution in [2.24, 2.45) is 0 Å². The summed E-state index contributed by atoms with van der Waals surface area (Å²) in [4.78, 5) is 26.6. The van der Waals surface area contributed by atoms with E-state index in [9.17, 15) is 18.4 Å². The summed E-state index contributed by atoms with van der Waals surface area (Å²) in [5.41, 5.74) is 1.64. The lowest BCUT2D eigenvalue weighted by molar-refractivity contribution is 0.101. The number of likely N-dealkylation sites (N-methyl/N-ethyl adjacent to an activating group) is 1. The van der Waals surface area contributed by atoms with Gasteiger partial charge in [0.15, 0.2) is 11.6 Å². The van der Waals surface area contributed by atoms with Crippen LogP contribution in [0.5, 0.6) is 0 Å². The van der Waals surface area contributed by atoms with E-state index in [2.05, 4.69) is 5.32 Å². The highest BCUT2D eigenvalue weighted by Crippen LogP contribution is 2.22. The number of hydrogen-bond acceptors (Lipinski definition) is 4. The predicted molar refractivity (Wildman–Crippen MR) is 126 cm³/mol. The highest BCUT2D eigenvalue weighted by atomic mass is 35.5. The van der Waals surface area contributed by atoms with Gasteiger partial charge in [-0.25, -0.2) is 8.78 Å². The molecule has 33 heavy (non-hydrogen) atoms. The first-order valence-corrected chi connectivity index (χ1v) is 10.4. The van der Waals surface area contributed by atoms with Crippen LogP contribution in [-0.2, 0) is 0 Å². The van der Waals surface area contributed by atoms with Gasteiger partial charge in [0.1, 0.15) is 11.4 Å². The Morgan fingerprint density at radius 3 is 2.33 bits per heavy atom. The molecule has 0 bridgehead atoms. The molecule has 3 rings (SSSR count). The van der Waals surface area contributed by atoms with Crippen molar-refractivity contribution in [2.75, 3.05) is 30.4 Å². The summed E-state index contributed by atoms with van der Waals surface area (Å²) in [6.07, 6.45) is 3.11. The number of nitrogens with one attached hydrogen (secondary N) is 1. The van der Waals surface area contributed by atoms with Gasteiger partial charge < -0.3 is 15.3 Å². The van der Waals surface area contributed by atoms with Crippen LogP contribution in [-0.4, -0.2) is 37.0 Å². The number of hydrogen-bond donors (Lipinski definition) is 2. The average molecular weight is 471 g/mol. The molecule has 0 heterocycles. The zero-order valence-electron chi connectivity index (χ0n) is 17.7. The van der Waals surface area contributed by atoms with Crippen LogP contribution in [0.2, 0.25) is 5.02 Å². The first-order valence-electron chi connectivity index (χ1n) is 9.99. The highest BCUT2D eigenvalue weighted by Gasteiger charge is 2.20. The van der Waals surface area contributed by atoms with Crippen molar-refractivity contribution in [3.63, 3.8) is 0 Å². The maximum atomic E-state index is 14.0. The number of benzene rings is 3. The minimum absolute atomic E-state index is 0.0590. The molecule has 0 radical (unpaired) electrons. The number of carbonyl (C=O) groups excluding carboxylic acids is 2. The van der Waals surface area contributed by atoms with E-state index in [1.54, 1.807) is 6.08 Å². The number of rotatable bonds is 8. The van der Waals surface area contributed by atoms with Crippen molar-refractivity contribution >= 4 is 40.7 Å². The van der Waals surface area contributed by atoms with Crippen LogP contribution in [0.3, 0.4) is 0 Å². The lowest BCUT2D eigenvalue weighted by atomic mass is 10.1. The number of anilines is 2. The zero-order chi connectivity index (χ0) is 24.0. The van der Waals surface area contributed by atoms with Gasteiger partial charge in [-0.15, -0.1) is 0 Å². The van der Waals surface area contributed by atoms with Crippen LogP contribution >= 0.6 is 11.6 Å². The second kappa shape index (κ2) is 10.8. The summed E-state index contributed by atoms with van der Waals surface area (Å²) in [5.74, 6) is -3.40. The molecule has 170 valence electrons. The van der Waals surface area contributed by atoms with Gasteiger partial charge in [-0.05, 0) is 60.2 Å². The summed E-state index contributed by atoms with van der Waals surface area (Å²) in [5, 5.41) is 11.0. The lowest BCUT2D eigenvalue weighted by Gasteiger charge is -2.17. The third-order valence-corrected chi connectivity index (χ3v) is 5.19. The monoisotopic (exact) mass is 470 g/mol. The molecule has 0 spiro atoms. The minimum Gasteiger partial charge on any atom is -0.395 e. The van der Waals surface area contributed by atoms with Crippen molar-refractivity contribution in [3.05, 3.63) is 100 Å². The summed E-state index contributed by atoms with van der Waals surface area (Å²) in [7, 11) is 1.87. The van der Waals surface area contributed by atoms with Crippen LogP contribution in [0, 0.1) is 11.6 Å². The van der Waals surface area contributed by atoms with E-state index in [4.69, 9.17) is 16.7 Å². The van der Waals surface area contributed by atoms with Gasteiger partial charge in [0.2, 0.25) is 0 Å². The van der Waals surface area contributed by atoms with Crippen LogP contribution in [0.1, 0.15) is 26.3 Å². The third-order valence-electron chi connectivity index (χ3n) is 4.89. The fourth-order valence-electron chi connectivity index (χ4n) is 3.03. The van der Waals surface area contributed by atoms with Crippen LogP contribution in [0.25, 0.3) is 6.08 Å². The molecule has 0 atom stereocenters. The number of carbonyl (C=O) groups is 2. The summed E-state index contributed by atoms with van der Waals surface area (Å²) in [6, 6.07) is 15.4. The molecule has 1 amide bonds. The molecular formula is C25H21ClF2N2O3. The number of aliphatic hydroxyl groups is 1. The SMILES string of the molecule is CN(CCO)c1ccc(/C=C/C(=O)c2ccc(NC(=O)c3c(F)ccc(Cl)c3F)cc2)cc1. The number of aliphatic hydroxyl groups excluding tert-OH is 1. The molecule has 0 aliphatic heterocycles. The summed E-state index contributed by atoms with van der Waals surface area (Å²) >= 11 is 5.62. The highest BCUT2D eigenvalue weighted by molar-refractivity contribution is 6.31. The molecule has 0 aliphatic carbocycles. The molecule has 0 fully saturated rings. The average Bonchev–Trinajstić information content (AvgIpc) is 2.81. The largest absolute Gasteiger partial charge is 0.395 e. The molecule has 8 heteroatoms. The standard InChI is InChI=1S/C25H21ClF2N2O3/c1-30(14-15-31)19-9-2-16(3-10-19)4-13-22(32)17-5-7-18(8-6-17)29-25(33)23-21(27)12-11-20(26)24(23)28/h2-13,31H,14-15H2,1H3,(H,29,33)/b13-4+. The first-order chi connectivity index (χ1) is 15.8. The van der Waals surface area contributed by atoms with Crippen LogP contribution in [0.15, 0.2) is 66.7 Å². The number of nitrogens with zero attached hydrogens (tertiary/aromatic N) is 1. The van der Waals surface area contributed by atoms with E-state index in [-0.39, 0.29) is 23.1 Å². The quantitative estimate of drug-likeness (QED) is 0.270. The predicted octanol–water partition coefficient (Wildman–Crippen LogP) is 5.20. The summed E-state index contributed by atoms with van der Waals surface area (Å²) < 4.78 is 27.9. The molecule has 3 aromatic carbocycles. The molecule has 0 saturated heterocycles. The summed E-state index contributed by atoms with van der Waals surface area (Å²) in [6.45, 7) is 0.580. The number of amides is 1. The van der Waals surface area contributed by atoms with Gasteiger partial charge >= 0.3 is 0 Å². The molecule has 0 aliphatic rings. The van der Waals surface area contributed by atoms with E-state index in [1.807, 2.05) is 36.2 Å². The van der Waals surface area contributed by atoms with Crippen molar-refractivity contribution in [2.45, 2.75) is 0 Å².